The van der Waals surface area contributed by atoms with Gasteiger partial charge in [0.05, 0.1) is 12.8 Å². The number of hydrogen-bond donors (Lipinski definition) is 2. The quantitative estimate of drug-likeness (QED) is 0.840. The van der Waals surface area contributed by atoms with Gasteiger partial charge in [0.25, 0.3) is 0 Å². The number of carbonyl (C=O) groups is 1. The number of benzene rings is 1. The second kappa shape index (κ2) is 6.70. The number of carbonyl (C=O) groups excluding carboxylic acids is 1. The van der Waals surface area contributed by atoms with Crippen molar-refractivity contribution in [2.24, 2.45) is 5.41 Å². The molecule has 0 aliphatic carbocycles. The van der Waals surface area contributed by atoms with Crippen molar-refractivity contribution in [1.29, 1.82) is 0 Å². The molecule has 1 aromatic carbocycles. The van der Waals surface area contributed by atoms with E-state index in [-0.39, 0.29) is 16.4 Å². The van der Waals surface area contributed by atoms with E-state index in [4.69, 9.17) is 17.0 Å². The third-order valence-electron chi connectivity index (χ3n) is 2.55. The van der Waals surface area contributed by atoms with E-state index in [0.717, 1.165) is 11.3 Å². The molecule has 0 saturated carbocycles. The summed E-state index contributed by atoms with van der Waals surface area (Å²) in [4.78, 5) is 11.8. The minimum absolute atomic E-state index is 0.0687. The van der Waals surface area contributed by atoms with Crippen LogP contribution >= 0.6 is 12.2 Å². The summed E-state index contributed by atoms with van der Waals surface area (Å²) in [7, 11) is 1.59. The molecule has 0 heterocycles. The Bertz CT molecular complexity index is 507. The summed E-state index contributed by atoms with van der Waals surface area (Å²) >= 11 is 5.15. The van der Waals surface area contributed by atoms with Crippen LogP contribution < -0.4 is 15.4 Å². The van der Waals surface area contributed by atoms with Gasteiger partial charge in [0.2, 0.25) is 5.91 Å². The predicted octanol–water partition coefficient (Wildman–Crippen LogP) is 3.25. The monoisotopic (exact) mass is 294 g/mol. The molecule has 0 atom stereocenters. The maximum absolute atomic E-state index is 11.8. The fraction of sp³-hybridized carbons (Fsp3) is 0.467. The van der Waals surface area contributed by atoms with E-state index in [1.54, 1.807) is 7.11 Å². The van der Waals surface area contributed by atoms with Gasteiger partial charge < -0.3 is 15.4 Å². The lowest BCUT2D eigenvalue weighted by Crippen LogP contribution is -2.36. The lowest BCUT2D eigenvalue weighted by molar-refractivity contribution is -0.121. The first-order valence-corrected chi connectivity index (χ1v) is 6.87. The van der Waals surface area contributed by atoms with Crippen LogP contribution in [-0.4, -0.2) is 18.1 Å². The van der Waals surface area contributed by atoms with E-state index in [9.17, 15) is 4.79 Å². The Balaban J connectivity index is 2.67. The maximum Gasteiger partial charge on any atom is 0.226 e. The van der Waals surface area contributed by atoms with Crippen LogP contribution in [0.15, 0.2) is 18.2 Å². The third kappa shape index (κ3) is 5.57. The average molecular weight is 294 g/mol. The highest BCUT2D eigenvalue weighted by molar-refractivity contribution is 7.80. The van der Waals surface area contributed by atoms with Gasteiger partial charge in [0.15, 0.2) is 5.11 Å². The van der Waals surface area contributed by atoms with Crippen molar-refractivity contribution in [3.05, 3.63) is 23.8 Å². The summed E-state index contributed by atoms with van der Waals surface area (Å²) < 4.78 is 5.25. The molecule has 0 spiro atoms. The molecular weight excluding hydrogens is 272 g/mol. The van der Waals surface area contributed by atoms with Gasteiger partial charge in [-0.05, 0) is 42.3 Å². The van der Waals surface area contributed by atoms with Crippen LogP contribution in [0.1, 0.15) is 32.8 Å². The van der Waals surface area contributed by atoms with Crippen molar-refractivity contribution in [3.8, 4) is 5.75 Å². The molecule has 0 aromatic heterocycles. The number of nitrogens with one attached hydrogen (secondary N) is 2. The van der Waals surface area contributed by atoms with Gasteiger partial charge in [-0.15, -0.1) is 0 Å². The summed E-state index contributed by atoms with van der Waals surface area (Å²) in [6, 6.07) is 5.73. The number of methoxy groups -OCH3 is 1. The molecule has 110 valence electrons. The Kier molecular flexibility index (Phi) is 5.51. The molecule has 4 nitrogen and oxygen atoms in total. The summed E-state index contributed by atoms with van der Waals surface area (Å²) in [5, 5.41) is 5.96. The number of aryl methyl sites for hydroxylation is 1. The molecule has 0 aliphatic heterocycles. The summed E-state index contributed by atoms with van der Waals surface area (Å²) in [6.07, 6.45) is 0.416. The van der Waals surface area contributed by atoms with Gasteiger partial charge in [-0.3, -0.25) is 4.79 Å². The Morgan fingerprint density at radius 3 is 2.55 bits per heavy atom. The zero-order chi connectivity index (χ0) is 15.3. The van der Waals surface area contributed by atoms with Crippen LogP contribution in [0.5, 0.6) is 5.75 Å². The van der Waals surface area contributed by atoms with Gasteiger partial charge in [-0.25, -0.2) is 0 Å². The van der Waals surface area contributed by atoms with E-state index in [2.05, 4.69) is 10.6 Å². The van der Waals surface area contributed by atoms with E-state index >= 15 is 0 Å². The number of anilines is 1. The minimum Gasteiger partial charge on any atom is -0.495 e. The number of amides is 1. The van der Waals surface area contributed by atoms with Gasteiger partial charge in [0.1, 0.15) is 5.75 Å². The molecule has 5 heteroatoms. The van der Waals surface area contributed by atoms with Crippen LogP contribution in [0.4, 0.5) is 5.69 Å². The molecule has 20 heavy (non-hydrogen) atoms. The molecule has 1 amide bonds. The van der Waals surface area contributed by atoms with Crippen molar-refractivity contribution in [2.75, 3.05) is 12.4 Å². The van der Waals surface area contributed by atoms with E-state index < -0.39 is 0 Å². The second-order valence-electron chi connectivity index (χ2n) is 5.94. The van der Waals surface area contributed by atoms with Crippen LogP contribution in [0.3, 0.4) is 0 Å². The molecule has 2 N–H and O–H groups in total. The second-order valence-corrected chi connectivity index (χ2v) is 6.35. The summed E-state index contributed by atoms with van der Waals surface area (Å²) in [5.74, 6) is 0.588. The molecule has 0 saturated heterocycles. The SMILES string of the molecule is COc1ccc(C)cc1NC(=S)NC(=O)CC(C)(C)C. The topological polar surface area (TPSA) is 50.4 Å². The molecule has 0 aliphatic rings. The average Bonchev–Trinajstić information content (AvgIpc) is 2.26. The maximum atomic E-state index is 11.8. The molecule has 0 fully saturated rings. The van der Waals surface area contributed by atoms with Crippen molar-refractivity contribution in [3.63, 3.8) is 0 Å². The Morgan fingerprint density at radius 1 is 1.35 bits per heavy atom. The zero-order valence-electron chi connectivity index (χ0n) is 12.7. The highest BCUT2D eigenvalue weighted by Gasteiger charge is 2.17. The van der Waals surface area contributed by atoms with Crippen LogP contribution in [0.25, 0.3) is 0 Å². The van der Waals surface area contributed by atoms with E-state index in [1.165, 1.54) is 0 Å². The zero-order valence-corrected chi connectivity index (χ0v) is 13.5. The standard InChI is InChI=1S/C15H22N2O2S/c1-10-6-7-12(19-5)11(8-10)16-14(20)17-13(18)9-15(2,3)4/h6-8H,9H2,1-5H3,(H2,16,17,18,20). The van der Waals surface area contributed by atoms with E-state index in [1.807, 2.05) is 45.9 Å². The normalized spacial score (nSPS) is 10.8. The van der Waals surface area contributed by atoms with Gasteiger partial charge in [-0.1, -0.05) is 26.8 Å². The Hall–Kier alpha value is -1.62. The van der Waals surface area contributed by atoms with Crippen molar-refractivity contribution < 1.29 is 9.53 Å². The molecule has 0 bridgehead atoms. The first kappa shape index (κ1) is 16.4. The lowest BCUT2D eigenvalue weighted by Gasteiger charge is -2.18. The van der Waals surface area contributed by atoms with E-state index in [0.29, 0.717) is 12.2 Å². The summed E-state index contributed by atoms with van der Waals surface area (Å²) in [5.41, 5.74) is 1.76. The Labute approximate surface area is 125 Å². The molecule has 0 unspecified atom stereocenters. The smallest absolute Gasteiger partial charge is 0.226 e. The van der Waals surface area contributed by atoms with Crippen molar-refractivity contribution >= 4 is 28.9 Å². The van der Waals surface area contributed by atoms with Crippen LogP contribution in [0.2, 0.25) is 0 Å². The number of thiocarbonyl (C=S) groups is 1. The number of ether oxygens (including phenoxy) is 1. The number of hydrogen-bond acceptors (Lipinski definition) is 3. The van der Waals surface area contributed by atoms with Crippen molar-refractivity contribution in [2.45, 2.75) is 34.1 Å². The van der Waals surface area contributed by atoms with Gasteiger partial charge >= 0.3 is 0 Å². The predicted molar refractivity (Wildman–Crippen MR) is 86.2 cm³/mol. The third-order valence-corrected chi connectivity index (χ3v) is 2.75. The Morgan fingerprint density at radius 2 is 2.00 bits per heavy atom. The summed E-state index contributed by atoms with van der Waals surface area (Å²) in [6.45, 7) is 8.00. The molecule has 1 aromatic rings. The van der Waals surface area contributed by atoms with Crippen LogP contribution in [-0.2, 0) is 4.79 Å². The first-order chi connectivity index (χ1) is 9.21. The first-order valence-electron chi connectivity index (χ1n) is 6.47. The van der Waals surface area contributed by atoms with Gasteiger partial charge in [0, 0.05) is 6.42 Å². The largest absolute Gasteiger partial charge is 0.495 e. The van der Waals surface area contributed by atoms with Gasteiger partial charge in [-0.2, -0.15) is 0 Å². The molecule has 1 rings (SSSR count). The van der Waals surface area contributed by atoms with Crippen molar-refractivity contribution in [1.82, 2.24) is 5.32 Å². The fourth-order valence-electron chi connectivity index (χ4n) is 1.73. The minimum atomic E-state index is -0.0957. The highest BCUT2D eigenvalue weighted by Crippen LogP contribution is 2.25. The lowest BCUT2D eigenvalue weighted by atomic mass is 9.92. The molecular formula is C15H22N2O2S. The van der Waals surface area contributed by atoms with Crippen LogP contribution in [0, 0.1) is 12.3 Å². The molecule has 0 radical (unpaired) electrons. The highest BCUT2D eigenvalue weighted by atomic mass is 32.1. The number of rotatable bonds is 3. The fourth-order valence-corrected chi connectivity index (χ4v) is 1.95.